The van der Waals surface area contributed by atoms with Crippen LogP contribution in [0.5, 0.6) is 0 Å². The first-order chi connectivity index (χ1) is 9.15. The molecule has 0 saturated carbocycles. The van der Waals surface area contributed by atoms with Gasteiger partial charge in [0.25, 0.3) is 0 Å². The maximum atomic E-state index is 11.6. The summed E-state index contributed by atoms with van der Waals surface area (Å²) in [5, 5.41) is 13.2. The van der Waals surface area contributed by atoms with E-state index in [0.29, 0.717) is 5.69 Å². The van der Waals surface area contributed by atoms with E-state index in [1.54, 1.807) is 6.08 Å². The molecule has 19 heavy (non-hydrogen) atoms. The number of rotatable bonds is 4. The molecular weight excluding hydrogens is 264 g/mol. The van der Waals surface area contributed by atoms with Crippen molar-refractivity contribution in [2.75, 3.05) is 5.32 Å². The normalized spacial score (nSPS) is 10.5. The van der Waals surface area contributed by atoms with E-state index in [-0.39, 0.29) is 11.6 Å². The molecule has 0 atom stereocenters. The topological polar surface area (TPSA) is 79.3 Å². The smallest absolute Gasteiger partial charge is 0.354 e. The van der Waals surface area contributed by atoms with Gasteiger partial charge >= 0.3 is 5.97 Å². The zero-order valence-electron chi connectivity index (χ0n) is 9.74. The number of carbonyl (C=O) groups is 2. The third-order valence-electron chi connectivity index (χ3n) is 2.19. The lowest BCUT2D eigenvalue weighted by molar-refractivity contribution is -0.111. The van der Waals surface area contributed by atoms with Gasteiger partial charge in [-0.1, -0.05) is 6.07 Å². The summed E-state index contributed by atoms with van der Waals surface area (Å²) in [6, 6.07) is 6.63. The second-order valence-corrected chi connectivity index (χ2v) is 4.55. The molecule has 2 aromatic rings. The molecule has 0 aromatic carbocycles. The van der Waals surface area contributed by atoms with Crippen molar-refractivity contribution in [2.45, 2.75) is 0 Å². The van der Waals surface area contributed by atoms with Gasteiger partial charge in [-0.2, -0.15) is 0 Å². The van der Waals surface area contributed by atoms with Crippen molar-refractivity contribution in [3.8, 4) is 0 Å². The molecule has 2 rings (SSSR count). The minimum Gasteiger partial charge on any atom is -0.477 e. The summed E-state index contributed by atoms with van der Waals surface area (Å²) >= 11 is 1.53. The van der Waals surface area contributed by atoms with Crippen LogP contribution >= 0.6 is 11.3 Å². The van der Waals surface area contributed by atoms with Gasteiger partial charge in [-0.15, -0.1) is 11.3 Å². The van der Waals surface area contributed by atoms with Crippen LogP contribution in [0.2, 0.25) is 0 Å². The lowest BCUT2D eigenvalue weighted by Crippen LogP contribution is -2.08. The standard InChI is InChI=1S/C13H10N2O3S/c16-12(6-4-10-2-1-7-19-10)15-9-3-5-11(13(17)18)14-8-9/h1-8H,(H,15,16)(H,17,18)/b6-4+. The summed E-state index contributed by atoms with van der Waals surface area (Å²) < 4.78 is 0. The van der Waals surface area contributed by atoms with Gasteiger partial charge < -0.3 is 10.4 Å². The van der Waals surface area contributed by atoms with Crippen LogP contribution in [0.4, 0.5) is 5.69 Å². The van der Waals surface area contributed by atoms with Crippen LogP contribution in [0.3, 0.4) is 0 Å². The first-order valence-corrected chi connectivity index (χ1v) is 6.25. The Balaban J connectivity index is 1.97. The molecule has 2 heterocycles. The van der Waals surface area contributed by atoms with E-state index in [2.05, 4.69) is 10.3 Å². The van der Waals surface area contributed by atoms with Crippen LogP contribution in [0.15, 0.2) is 41.9 Å². The molecule has 1 amide bonds. The molecule has 0 aliphatic heterocycles. The van der Waals surface area contributed by atoms with Crippen LogP contribution in [0, 0.1) is 0 Å². The number of aromatic carboxylic acids is 1. The zero-order valence-corrected chi connectivity index (χ0v) is 10.6. The molecule has 0 fully saturated rings. The Labute approximate surface area is 113 Å². The SMILES string of the molecule is O=C(/C=C/c1cccs1)Nc1ccc(C(=O)O)nc1. The van der Waals surface area contributed by atoms with Crippen LogP contribution in [-0.4, -0.2) is 22.0 Å². The number of hydrogen-bond donors (Lipinski definition) is 2. The molecule has 0 spiro atoms. The van der Waals surface area contributed by atoms with E-state index in [4.69, 9.17) is 5.11 Å². The Morgan fingerprint density at radius 1 is 1.32 bits per heavy atom. The second kappa shape index (κ2) is 5.92. The minimum atomic E-state index is -1.10. The Morgan fingerprint density at radius 3 is 2.74 bits per heavy atom. The Morgan fingerprint density at radius 2 is 2.16 bits per heavy atom. The highest BCUT2D eigenvalue weighted by Crippen LogP contribution is 2.11. The first kappa shape index (κ1) is 13.0. The van der Waals surface area contributed by atoms with E-state index in [1.807, 2.05) is 17.5 Å². The van der Waals surface area contributed by atoms with Crippen LogP contribution in [0.1, 0.15) is 15.4 Å². The highest BCUT2D eigenvalue weighted by molar-refractivity contribution is 7.10. The van der Waals surface area contributed by atoms with Gasteiger partial charge in [0.05, 0.1) is 11.9 Å². The summed E-state index contributed by atoms with van der Waals surface area (Å²) in [6.45, 7) is 0. The fourth-order valence-electron chi connectivity index (χ4n) is 1.32. The number of amides is 1. The quantitative estimate of drug-likeness (QED) is 0.839. The highest BCUT2D eigenvalue weighted by atomic mass is 32.1. The van der Waals surface area contributed by atoms with Crippen molar-refractivity contribution in [3.05, 3.63) is 52.5 Å². The van der Waals surface area contributed by atoms with Crippen molar-refractivity contribution in [2.24, 2.45) is 0 Å². The van der Waals surface area contributed by atoms with Crippen molar-refractivity contribution < 1.29 is 14.7 Å². The van der Waals surface area contributed by atoms with Crippen molar-refractivity contribution in [1.29, 1.82) is 0 Å². The van der Waals surface area contributed by atoms with Gasteiger partial charge in [-0.25, -0.2) is 9.78 Å². The monoisotopic (exact) mass is 274 g/mol. The van der Waals surface area contributed by atoms with E-state index in [0.717, 1.165) is 4.88 Å². The molecule has 6 heteroatoms. The number of anilines is 1. The van der Waals surface area contributed by atoms with Crippen molar-refractivity contribution in [1.82, 2.24) is 4.98 Å². The second-order valence-electron chi connectivity index (χ2n) is 3.58. The fraction of sp³-hybridized carbons (Fsp3) is 0. The number of nitrogens with one attached hydrogen (secondary N) is 1. The third kappa shape index (κ3) is 3.75. The summed E-state index contributed by atoms with van der Waals surface area (Å²) in [5.41, 5.74) is 0.387. The number of carbonyl (C=O) groups excluding carboxylic acids is 1. The molecule has 96 valence electrons. The summed E-state index contributed by atoms with van der Waals surface area (Å²) in [7, 11) is 0. The van der Waals surface area contributed by atoms with E-state index in [1.165, 1.54) is 35.7 Å². The number of carboxylic acid groups (broad SMARTS) is 1. The van der Waals surface area contributed by atoms with Gasteiger partial charge in [0.15, 0.2) is 0 Å². The van der Waals surface area contributed by atoms with E-state index in [9.17, 15) is 9.59 Å². The predicted octanol–water partition coefficient (Wildman–Crippen LogP) is 2.49. The van der Waals surface area contributed by atoms with E-state index >= 15 is 0 Å². The molecule has 5 nitrogen and oxygen atoms in total. The molecule has 0 bridgehead atoms. The lowest BCUT2D eigenvalue weighted by atomic mass is 10.3. The number of pyridine rings is 1. The minimum absolute atomic E-state index is 0.0628. The summed E-state index contributed by atoms with van der Waals surface area (Å²) in [5.74, 6) is -1.39. The number of carboxylic acids is 1. The number of nitrogens with zero attached hydrogens (tertiary/aromatic N) is 1. The predicted molar refractivity (Wildman–Crippen MR) is 73.2 cm³/mol. The molecule has 2 aromatic heterocycles. The molecule has 0 aliphatic rings. The Hall–Kier alpha value is -2.47. The Kier molecular flexibility index (Phi) is 4.04. The average molecular weight is 274 g/mol. The molecule has 0 saturated heterocycles. The van der Waals surface area contributed by atoms with Crippen molar-refractivity contribution >= 4 is 35.0 Å². The molecule has 2 N–H and O–H groups in total. The summed E-state index contributed by atoms with van der Waals surface area (Å²) in [6.07, 6.45) is 4.43. The molecule has 0 radical (unpaired) electrons. The van der Waals surface area contributed by atoms with Crippen molar-refractivity contribution in [3.63, 3.8) is 0 Å². The Bertz CT molecular complexity index is 603. The molecule has 0 unspecified atom stereocenters. The maximum Gasteiger partial charge on any atom is 0.354 e. The van der Waals surface area contributed by atoms with E-state index < -0.39 is 5.97 Å². The lowest BCUT2D eigenvalue weighted by Gasteiger charge is -2.01. The van der Waals surface area contributed by atoms with Gasteiger partial charge in [-0.3, -0.25) is 4.79 Å². The zero-order chi connectivity index (χ0) is 13.7. The molecular formula is C13H10N2O3S. The third-order valence-corrected chi connectivity index (χ3v) is 3.03. The van der Waals surface area contributed by atoms with Crippen LogP contribution in [0.25, 0.3) is 6.08 Å². The highest BCUT2D eigenvalue weighted by Gasteiger charge is 2.04. The van der Waals surface area contributed by atoms with Crippen LogP contribution < -0.4 is 5.32 Å². The van der Waals surface area contributed by atoms with Crippen LogP contribution in [-0.2, 0) is 4.79 Å². The molecule has 0 aliphatic carbocycles. The number of aromatic nitrogens is 1. The summed E-state index contributed by atoms with van der Waals surface area (Å²) in [4.78, 5) is 26.9. The van der Waals surface area contributed by atoms with Gasteiger partial charge in [0.2, 0.25) is 5.91 Å². The average Bonchev–Trinajstić information content (AvgIpc) is 2.90. The van der Waals surface area contributed by atoms with Gasteiger partial charge in [0, 0.05) is 11.0 Å². The fourth-order valence-corrected chi connectivity index (χ4v) is 1.94. The van der Waals surface area contributed by atoms with Gasteiger partial charge in [0.1, 0.15) is 5.69 Å². The van der Waals surface area contributed by atoms with Gasteiger partial charge in [-0.05, 0) is 29.7 Å². The number of hydrogen-bond acceptors (Lipinski definition) is 4. The maximum absolute atomic E-state index is 11.6. The first-order valence-electron chi connectivity index (χ1n) is 5.37. The number of thiophene rings is 1. The largest absolute Gasteiger partial charge is 0.477 e.